The molecule has 1 aromatic carbocycles. The van der Waals surface area contributed by atoms with E-state index >= 15 is 0 Å². The van der Waals surface area contributed by atoms with Crippen molar-refractivity contribution >= 4 is 18.3 Å². The minimum absolute atomic E-state index is 0. The highest BCUT2D eigenvalue weighted by Gasteiger charge is 2.19. The van der Waals surface area contributed by atoms with Gasteiger partial charge in [0, 0.05) is 13.1 Å². The highest BCUT2D eigenvalue weighted by Crippen LogP contribution is 2.13. The number of nitrogens with zero attached hydrogens (tertiary/aromatic N) is 1. The van der Waals surface area contributed by atoms with Gasteiger partial charge in [0.25, 0.3) is 0 Å². The third-order valence-corrected chi connectivity index (χ3v) is 3.31. The van der Waals surface area contributed by atoms with Gasteiger partial charge in [0.15, 0.2) is 0 Å². The van der Waals surface area contributed by atoms with Gasteiger partial charge >= 0.3 is 0 Å². The van der Waals surface area contributed by atoms with E-state index < -0.39 is 0 Å². The molecule has 0 atom stereocenters. The quantitative estimate of drug-likeness (QED) is 0.764. The number of carbonyl (C=O) groups is 1. The summed E-state index contributed by atoms with van der Waals surface area (Å²) in [6, 6.07) is 6.33. The van der Waals surface area contributed by atoms with Crippen molar-refractivity contribution in [3.63, 3.8) is 0 Å². The van der Waals surface area contributed by atoms with Crippen molar-refractivity contribution in [2.45, 2.75) is 20.3 Å². The summed E-state index contributed by atoms with van der Waals surface area (Å²) in [6.45, 7) is 6.43. The molecule has 6 heteroatoms. The summed E-state index contributed by atoms with van der Waals surface area (Å²) < 4.78 is 12.8. The molecule has 0 aliphatic carbocycles. The molecule has 3 N–H and O–H groups in total. The Kier molecular flexibility index (Phi) is 9.25. The molecule has 126 valence electrons. The van der Waals surface area contributed by atoms with Crippen LogP contribution in [-0.4, -0.2) is 44.0 Å². The van der Waals surface area contributed by atoms with E-state index in [9.17, 15) is 9.18 Å². The van der Waals surface area contributed by atoms with Crippen LogP contribution < -0.4 is 11.1 Å². The lowest BCUT2D eigenvalue weighted by atomic mass is 9.93. The van der Waals surface area contributed by atoms with E-state index in [2.05, 4.69) is 19.2 Å². The average molecular weight is 332 g/mol. The van der Waals surface area contributed by atoms with Crippen LogP contribution in [0, 0.1) is 11.2 Å². The van der Waals surface area contributed by atoms with Gasteiger partial charge in [-0.05, 0) is 43.1 Å². The number of likely N-dealkylation sites (N-methyl/N-ethyl adjacent to an activating group) is 1. The Morgan fingerprint density at radius 3 is 2.45 bits per heavy atom. The Morgan fingerprint density at radius 2 is 1.91 bits per heavy atom. The lowest BCUT2D eigenvalue weighted by molar-refractivity contribution is -0.122. The summed E-state index contributed by atoms with van der Waals surface area (Å²) in [4.78, 5) is 13.8. The first-order chi connectivity index (χ1) is 9.82. The summed E-state index contributed by atoms with van der Waals surface area (Å²) >= 11 is 0. The van der Waals surface area contributed by atoms with Crippen LogP contribution in [0.4, 0.5) is 4.39 Å². The third kappa shape index (κ3) is 8.32. The Balaban J connectivity index is 0.00000441. The molecule has 0 unspecified atom stereocenters. The van der Waals surface area contributed by atoms with Gasteiger partial charge in [-0.1, -0.05) is 26.0 Å². The van der Waals surface area contributed by atoms with E-state index in [1.54, 1.807) is 12.1 Å². The SMILES string of the molecule is CN(CC(=O)NCCc1ccc(F)cc1)CC(C)(C)CN.Cl. The van der Waals surface area contributed by atoms with E-state index in [-0.39, 0.29) is 29.5 Å². The van der Waals surface area contributed by atoms with Crippen LogP contribution in [0.5, 0.6) is 0 Å². The molecule has 22 heavy (non-hydrogen) atoms. The summed E-state index contributed by atoms with van der Waals surface area (Å²) in [5.74, 6) is -0.251. The maximum Gasteiger partial charge on any atom is 0.234 e. The fourth-order valence-electron chi connectivity index (χ4n) is 2.15. The highest BCUT2D eigenvalue weighted by atomic mass is 35.5. The van der Waals surface area contributed by atoms with Gasteiger partial charge in [0.1, 0.15) is 5.82 Å². The average Bonchev–Trinajstić information content (AvgIpc) is 2.40. The minimum atomic E-state index is -0.244. The molecular formula is C16H27ClFN3O. The first-order valence-electron chi connectivity index (χ1n) is 7.22. The summed E-state index contributed by atoms with van der Waals surface area (Å²) in [5.41, 5.74) is 6.70. The molecule has 4 nitrogen and oxygen atoms in total. The molecule has 0 bridgehead atoms. The Bertz CT molecular complexity index is 451. The van der Waals surface area contributed by atoms with Crippen LogP contribution in [0.2, 0.25) is 0 Å². The molecule has 0 radical (unpaired) electrons. The molecule has 0 aliphatic rings. The van der Waals surface area contributed by atoms with Gasteiger partial charge in [0.2, 0.25) is 5.91 Å². The van der Waals surface area contributed by atoms with Gasteiger partial charge in [-0.3, -0.25) is 9.69 Å². The van der Waals surface area contributed by atoms with Crippen molar-refractivity contribution in [3.05, 3.63) is 35.6 Å². The van der Waals surface area contributed by atoms with Crippen molar-refractivity contribution in [1.82, 2.24) is 10.2 Å². The van der Waals surface area contributed by atoms with Crippen LogP contribution in [0.3, 0.4) is 0 Å². The van der Waals surface area contributed by atoms with E-state index in [0.29, 0.717) is 26.1 Å². The van der Waals surface area contributed by atoms with E-state index in [1.807, 2.05) is 11.9 Å². The van der Waals surface area contributed by atoms with Gasteiger partial charge in [0.05, 0.1) is 6.54 Å². The molecule has 0 aliphatic heterocycles. The summed E-state index contributed by atoms with van der Waals surface area (Å²) in [5, 5.41) is 2.87. The number of hydrogen-bond donors (Lipinski definition) is 2. The van der Waals surface area contributed by atoms with Crippen molar-refractivity contribution in [2.75, 3.05) is 33.2 Å². The van der Waals surface area contributed by atoms with E-state index in [4.69, 9.17) is 5.73 Å². The van der Waals surface area contributed by atoms with Crippen LogP contribution in [-0.2, 0) is 11.2 Å². The Morgan fingerprint density at radius 1 is 1.32 bits per heavy atom. The molecular weight excluding hydrogens is 305 g/mol. The fraction of sp³-hybridized carbons (Fsp3) is 0.562. The number of rotatable bonds is 8. The fourth-order valence-corrected chi connectivity index (χ4v) is 2.15. The minimum Gasteiger partial charge on any atom is -0.355 e. The highest BCUT2D eigenvalue weighted by molar-refractivity contribution is 5.85. The molecule has 1 rings (SSSR count). The van der Waals surface area contributed by atoms with Gasteiger partial charge in [-0.2, -0.15) is 0 Å². The number of hydrogen-bond acceptors (Lipinski definition) is 3. The number of nitrogens with one attached hydrogen (secondary N) is 1. The molecule has 1 amide bonds. The van der Waals surface area contributed by atoms with Gasteiger partial charge in [-0.15, -0.1) is 12.4 Å². The molecule has 0 heterocycles. The van der Waals surface area contributed by atoms with E-state index in [1.165, 1.54) is 12.1 Å². The van der Waals surface area contributed by atoms with Gasteiger partial charge in [-0.25, -0.2) is 4.39 Å². The second-order valence-electron chi connectivity index (χ2n) is 6.27. The molecule has 0 aromatic heterocycles. The maximum atomic E-state index is 12.8. The Hall–Kier alpha value is -1.17. The van der Waals surface area contributed by atoms with Crippen LogP contribution in [0.25, 0.3) is 0 Å². The largest absolute Gasteiger partial charge is 0.355 e. The number of nitrogens with two attached hydrogens (primary N) is 1. The summed E-state index contributed by atoms with van der Waals surface area (Å²) in [7, 11) is 1.91. The zero-order valence-electron chi connectivity index (χ0n) is 13.6. The van der Waals surface area contributed by atoms with Crippen LogP contribution in [0.1, 0.15) is 19.4 Å². The number of carbonyl (C=O) groups excluding carboxylic acids is 1. The zero-order chi connectivity index (χ0) is 15.9. The lowest BCUT2D eigenvalue weighted by Crippen LogP contribution is -2.42. The van der Waals surface area contributed by atoms with Gasteiger partial charge < -0.3 is 11.1 Å². The number of benzene rings is 1. The lowest BCUT2D eigenvalue weighted by Gasteiger charge is -2.28. The Labute approximate surface area is 138 Å². The van der Waals surface area contributed by atoms with Crippen molar-refractivity contribution in [3.8, 4) is 0 Å². The predicted molar refractivity (Wildman–Crippen MR) is 90.7 cm³/mol. The molecule has 0 spiro atoms. The van der Waals surface area contributed by atoms with Crippen molar-refractivity contribution in [1.29, 1.82) is 0 Å². The standard InChI is InChI=1S/C16H26FN3O.ClH/c1-16(2,11-18)12-20(3)10-15(21)19-9-8-13-4-6-14(17)7-5-13;/h4-7H,8-12,18H2,1-3H3,(H,19,21);1H. The normalized spacial score (nSPS) is 11.2. The molecule has 1 aromatic rings. The van der Waals surface area contributed by atoms with Crippen LogP contribution >= 0.6 is 12.4 Å². The third-order valence-electron chi connectivity index (χ3n) is 3.31. The number of amides is 1. The first kappa shape index (κ1) is 20.8. The van der Waals surface area contributed by atoms with Crippen molar-refractivity contribution < 1.29 is 9.18 Å². The summed E-state index contributed by atoms with van der Waals surface area (Å²) in [6.07, 6.45) is 0.698. The first-order valence-corrected chi connectivity index (χ1v) is 7.22. The monoisotopic (exact) mass is 331 g/mol. The second kappa shape index (κ2) is 9.77. The molecule has 0 fully saturated rings. The molecule has 0 saturated heterocycles. The molecule has 0 saturated carbocycles. The topological polar surface area (TPSA) is 58.4 Å². The van der Waals surface area contributed by atoms with Crippen molar-refractivity contribution in [2.24, 2.45) is 11.1 Å². The second-order valence-corrected chi connectivity index (χ2v) is 6.27. The van der Waals surface area contributed by atoms with E-state index in [0.717, 1.165) is 12.1 Å². The predicted octanol–water partition coefficient (Wildman–Crippen LogP) is 1.82. The smallest absolute Gasteiger partial charge is 0.234 e. The zero-order valence-corrected chi connectivity index (χ0v) is 14.4. The van der Waals surface area contributed by atoms with Crippen LogP contribution in [0.15, 0.2) is 24.3 Å². The maximum absolute atomic E-state index is 12.8. The number of halogens is 2.